The van der Waals surface area contributed by atoms with E-state index in [0.29, 0.717) is 22.7 Å². The molecule has 0 saturated carbocycles. The van der Waals surface area contributed by atoms with Crippen LogP contribution in [0.3, 0.4) is 0 Å². The van der Waals surface area contributed by atoms with E-state index >= 15 is 0 Å². The highest BCUT2D eigenvalue weighted by Gasteiger charge is 2.18. The van der Waals surface area contributed by atoms with E-state index in [9.17, 15) is 17.2 Å². The molecular weight excluding hydrogens is 476 g/mol. The molecule has 0 atom stereocenters. The molecule has 0 bridgehead atoms. The number of aryl methyl sites for hydroxylation is 1. The van der Waals surface area contributed by atoms with Gasteiger partial charge in [0.15, 0.2) is 11.6 Å². The predicted octanol–water partition coefficient (Wildman–Crippen LogP) is 4.10. The Kier molecular flexibility index (Phi) is 6.68. The SMILES string of the molecule is Cc1nc2c(F)cc(-c3nc(Nc4ccc(NS(=O)(=O)CCN)cc4)ncc3F)cc2n1C(C)C. The lowest BCUT2D eigenvalue weighted by Crippen LogP contribution is -2.22. The van der Waals surface area contributed by atoms with Gasteiger partial charge in [-0.15, -0.1) is 0 Å². The summed E-state index contributed by atoms with van der Waals surface area (Å²) in [4.78, 5) is 12.5. The zero-order valence-corrected chi connectivity index (χ0v) is 20.2. The van der Waals surface area contributed by atoms with Crippen LogP contribution < -0.4 is 15.8 Å². The first kappa shape index (κ1) is 24.5. The Morgan fingerprint density at radius 1 is 1.06 bits per heavy atom. The average molecular weight is 502 g/mol. The van der Waals surface area contributed by atoms with E-state index in [2.05, 4.69) is 25.0 Å². The summed E-state index contributed by atoms with van der Waals surface area (Å²) in [6, 6.07) is 9.24. The molecule has 2 heterocycles. The third-order valence-electron chi connectivity index (χ3n) is 5.26. The molecular formula is C23H25F2N7O2S. The monoisotopic (exact) mass is 501 g/mol. The normalized spacial score (nSPS) is 11.9. The molecule has 4 rings (SSSR count). The summed E-state index contributed by atoms with van der Waals surface area (Å²) in [5.74, 6) is -0.716. The van der Waals surface area contributed by atoms with E-state index < -0.39 is 21.7 Å². The molecule has 0 saturated heterocycles. The van der Waals surface area contributed by atoms with Gasteiger partial charge < -0.3 is 15.6 Å². The third kappa shape index (κ3) is 5.23. The van der Waals surface area contributed by atoms with Crippen LogP contribution >= 0.6 is 0 Å². The molecule has 0 spiro atoms. The van der Waals surface area contributed by atoms with Gasteiger partial charge in [-0.1, -0.05) is 0 Å². The van der Waals surface area contributed by atoms with Crippen LogP contribution in [-0.4, -0.2) is 40.2 Å². The van der Waals surface area contributed by atoms with Gasteiger partial charge in [0.25, 0.3) is 0 Å². The summed E-state index contributed by atoms with van der Waals surface area (Å²) in [5.41, 5.74) is 7.17. The lowest BCUT2D eigenvalue weighted by molar-refractivity contribution is 0.599. The second-order valence-corrected chi connectivity index (χ2v) is 10.1. The maximum Gasteiger partial charge on any atom is 0.233 e. The second-order valence-electron chi connectivity index (χ2n) is 8.25. The van der Waals surface area contributed by atoms with Crippen LogP contribution in [0.5, 0.6) is 0 Å². The Labute approximate surface area is 201 Å². The standard InChI is InChI=1S/C23H25F2N7O2S/c1-13(2)32-14(3)28-22-18(24)10-15(11-20(22)32)21-19(25)12-27-23(30-21)29-16-4-6-17(7-5-16)31-35(33,34)9-8-26/h4-7,10-13,31H,8-9,26H2,1-3H3,(H,27,29,30). The number of hydrogen-bond acceptors (Lipinski definition) is 7. The molecule has 35 heavy (non-hydrogen) atoms. The molecule has 2 aromatic heterocycles. The number of fused-ring (bicyclic) bond motifs is 1. The molecule has 0 aliphatic rings. The summed E-state index contributed by atoms with van der Waals surface area (Å²) >= 11 is 0. The van der Waals surface area contributed by atoms with Crippen molar-refractivity contribution < 1.29 is 17.2 Å². The molecule has 0 unspecified atom stereocenters. The van der Waals surface area contributed by atoms with Crippen LogP contribution in [0.25, 0.3) is 22.3 Å². The molecule has 0 fully saturated rings. The predicted molar refractivity (Wildman–Crippen MR) is 132 cm³/mol. The number of anilines is 3. The number of halogens is 2. The van der Waals surface area contributed by atoms with Gasteiger partial charge in [0.05, 0.1) is 17.5 Å². The average Bonchev–Trinajstić information content (AvgIpc) is 3.12. The Hall–Kier alpha value is -3.64. The molecule has 4 aromatic rings. The van der Waals surface area contributed by atoms with Crippen molar-refractivity contribution in [2.75, 3.05) is 22.3 Å². The Balaban J connectivity index is 1.64. The maximum absolute atomic E-state index is 14.9. The Morgan fingerprint density at radius 2 is 1.74 bits per heavy atom. The molecule has 2 aromatic carbocycles. The zero-order chi connectivity index (χ0) is 25.3. The fourth-order valence-electron chi connectivity index (χ4n) is 3.82. The quantitative estimate of drug-likeness (QED) is 0.332. The van der Waals surface area contributed by atoms with Crippen molar-refractivity contribution in [1.82, 2.24) is 19.5 Å². The van der Waals surface area contributed by atoms with Crippen LogP contribution in [0, 0.1) is 18.6 Å². The highest BCUT2D eigenvalue weighted by molar-refractivity contribution is 7.92. The number of hydrogen-bond donors (Lipinski definition) is 3. The van der Waals surface area contributed by atoms with Crippen molar-refractivity contribution in [2.45, 2.75) is 26.8 Å². The van der Waals surface area contributed by atoms with Crippen LogP contribution in [0.15, 0.2) is 42.6 Å². The number of sulfonamides is 1. The summed E-state index contributed by atoms with van der Waals surface area (Å²) in [5, 5.41) is 2.94. The topological polar surface area (TPSA) is 128 Å². The highest BCUT2D eigenvalue weighted by Crippen LogP contribution is 2.30. The van der Waals surface area contributed by atoms with Crippen molar-refractivity contribution in [2.24, 2.45) is 5.73 Å². The molecule has 12 heteroatoms. The van der Waals surface area contributed by atoms with Gasteiger partial charge in [-0.05, 0) is 57.2 Å². The Morgan fingerprint density at radius 3 is 2.40 bits per heavy atom. The van der Waals surface area contributed by atoms with E-state index in [0.717, 1.165) is 6.20 Å². The van der Waals surface area contributed by atoms with E-state index in [-0.39, 0.29) is 41.1 Å². The van der Waals surface area contributed by atoms with Crippen molar-refractivity contribution in [1.29, 1.82) is 0 Å². The van der Waals surface area contributed by atoms with Crippen LogP contribution in [-0.2, 0) is 10.0 Å². The zero-order valence-electron chi connectivity index (χ0n) is 19.4. The molecule has 0 radical (unpaired) electrons. The van der Waals surface area contributed by atoms with Gasteiger partial charge in [-0.2, -0.15) is 0 Å². The van der Waals surface area contributed by atoms with Crippen molar-refractivity contribution in [3.8, 4) is 11.3 Å². The molecule has 184 valence electrons. The first-order chi connectivity index (χ1) is 16.6. The van der Waals surface area contributed by atoms with Gasteiger partial charge >= 0.3 is 0 Å². The first-order valence-corrected chi connectivity index (χ1v) is 12.5. The van der Waals surface area contributed by atoms with Gasteiger partial charge in [-0.25, -0.2) is 32.2 Å². The second kappa shape index (κ2) is 9.55. The van der Waals surface area contributed by atoms with Gasteiger partial charge in [-0.3, -0.25) is 4.72 Å². The lowest BCUT2D eigenvalue weighted by Gasteiger charge is -2.12. The lowest BCUT2D eigenvalue weighted by atomic mass is 10.1. The minimum Gasteiger partial charge on any atom is -0.329 e. The maximum atomic E-state index is 14.9. The van der Waals surface area contributed by atoms with Crippen molar-refractivity contribution >= 4 is 38.4 Å². The minimum absolute atomic E-state index is 0.00939. The van der Waals surface area contributed by atoms with E-state index in [1.165, 1.54) is 6.07 Å². The minimum atomic E-state index is -3.52. The Bertz CT molecular complexity index is 1490. The number of aromatic nitrogens is 4. The number of nitrogens with zero attached hydrogens (tertiary/aromatic N) is 4. The fraction of sp³-hybridized carbons (Fsp3) is 0.261. The van der Waals surface area contributed by atoms with Crippen molar-refractivity contribution in [3.05, 3.63) is 60.1 Å². The summed E-state index contributed by atoms with van der Waals surface area (Å²) in [6.45, 7) is 5.72. The summed E-state index contributed by atoms with van der Waals surface area (Å²) < 4.78 is 57.6. The van der Waals surface area contributed by atoms with Crippen molar-refractivity contribution in [3.63, 3.8) is 0 Å². The van der Waals surface area contributed by atoms with Gasteiger partial charge in [0.1, 0.15) is 17.0 Å². The van der Waals surface area contributed by atoms with E-state index in [1.54, 1.807) is 37.3 Å². The third-order valence-corrected chi connectivity index (χ3v) is 6.58. The van der Waals surface area contributed by atoms with E-state index in [4.69, 9.17) is 5.73 Å². The largest absolute Gasteiger partial charge is 0.329 e. The van der Waals surface area contributed by atoms with Crippen LogP contribution in [0.2, 0.25) is 0 Å². The summed E-state index contributed by atoms with van der Waals surface area (Å²) in [6.07, 6.45) is 1.01. The first-order valence-electron chi connectivity index (χ1n) is 10.9. The molecule has 0 aliphatic carbocycles. The molecule has 0 aliphatic heterocycles. The summed E-state index contributed by atoms with van der Waals surface area (Å²) in [7, 11) is -3.52. The number of imidazole rings is 1. The number of rotatable bonds is 8. The van der Waals surface area contributed by atoms with Gasteiger partial charge in [0, 0.05) is 29.5 Å². The highest BCUT2D eigenvalue weighted by atomic mass is 32.2. The molecule has 0 amide bonds. The molecule has 9 nitrogen and oxygen atoms in total. The molecule has 4 N–H and O–H groups in total. The van der Waals surface area contributed by atoms with Crippen LogP contribution in [0.4, 0.5) is 26.1 Å². The smallest absolute Gasteiger partial charge is 0.233 e. The van der Waals surface area contributed by atoms with Gasteiger partial charge in [0.2, 0.25) is 16.0 Å². The van der Waals surface area contributed by atoms with E-state index in [1.807, 2.05) is 18.4 Å². The number of nitrogens with one attached hydrogen (secondary N) is 2. The fourth-order valence-corrected chi connectivity index (χ4v) is 4.73. The number of nitrogens with two attached hydrogens (primary N) is 1. The van der Waals surface area contributed by atoms with Crippen LogP contribution in [0.1, 0.15) is 25.7 Å². The number of benzene rings is 2.